The molecule has 3 aromatic rings. The molecule has 172 valence electrons. The molecule has 0 saturated carbocycles. The van der Waals surface area contributed by atoms with Crippen LogP contribution >= 0.6 is 0 Å². The molecule has 0 bridgehead atoms. The Kier molecular flexibility index (Phi) is 7.54. The van der Waals surface area contributed by atoms with Crippen molar-refractivity contribution in [1.29, 1.82) is 0 Å². The summed E-state index contributed by atoms with van der Waals surface area (Å²) in [6.07, 6.45) is 8.13. The van der Waals surface area contributed by atoms with Gasteiger partial charge in [0.25, 0.3) is 0 Å². The lowest BCUT2D eigenvalue weighted by molar-refractivity contribution is 0.192. The van der Waals surface area contributed by atoms with Gasteiger partial charge in [0.15, 0.2) is 0 Å². The number of benzene rings is 2. The molecule has 32 heavy (non-hydrogen) atoms. The molecule has 2 N–H and O–H groups in total. The lowest BCUT2D eigenvalue weighted by Gasteiger charge is -2.31. The molecular formula is C28H39N3O. The molecule has 0 radical (unpaired) electrons. The summed E-state index contributed by atoms with van der Waals surface area (Å²) in [6, 6.07) is 13.6. The maximum absolute atomic E-state index is 5.83. The fourth-order valence-electron chi connectivity index (χ4n) is 5.22. The Morgan fingerprint density at radius 3 is 2.53 bits per heavy atom. The molecule has 0 unspecified atom stereocenters. The average Bonchev–Trinajstić information content (AvgIpc) is 3.20. The summed E-state index contributed by atoms with van der Waals surface area (Å²) in [7, 11) is 1.74. The number of methoxy groups -OCH3 is 1. The molecule has 2 aromatic carbocycles. The van der Waals surface area contributed by atoms with Crippen molar-refractivity contribution in [1.82, 2.24) is 9.47 Å². The van der Waals surface area contributed by atoms with E-state index in [1.54, 1.807) is 7.11 Å². The maximum Gasteiger partial charge on any atom is 0.119 e. The summed E-state index contributed by atoms with van der Waals surface area (Å²) >= 11 is 0. The van der Waals surface area contributed by atoms with Gasteiger partial charge in [-0.15, -0.1) is 0 Å². The Morgan fingerprint density at radius 1 is 1.03 bits per heavy atom. The minimum atomic E-state index is 0.715. The van der Waals surface area contributed by atoms with E-state index in [1.165, 1.54) is 72.1 Å². The van der Waals surface area contributed by atoms with Crippen molar-refractivity contribution >= 4 is 10.9 Å². The Morgan fingerprint density at radius 2 is 1.84 bits per heavy atom. The van der Waals surface area contributed by atoms with Crippen LogP contribution in [0.5, 0.6) is 5.75 Å². The summed E-state index contributed by atoms with van der Waals surface area (Å²) in [6.45, 7) is 9.84. The fraction of sp³-hybridized carbons (Fsp3) is 0.500. The fourth-order valence-corrected chi connectivity index (χ4v) is 5.22. The first kappa shape index (κ1) is 22.9. The third-order valence-electron chi connectivity index (χ3n) is 7.21. The number of fused-ring (bicyclic) bond motifs is 1. The normalized spacial score (nSPS) is 15.5. The van der Waals surface area contributed by atoms with Gasteiger partial charge in [0, 0.05) is 29.2 Å². The van der Waals surface area contributed by atoms with E-state index in [0.29, 0.717) is 6.54 Å². The molecule has 1 fully saturated rings. The van der Waals surface area contributed by atoms with Crippen LogP contribution in [0.15, 0.2) is 42.6 Å². The zero-order chi connectivity index (χ0) is 22.5. The number of nitrogens with zero attached hydrogens (tertiary/aromatic N) is 2. The van der Waals surface area contributed by atoms with E-state index >= 15 is 0 Å². The lowest BCUT2D eigenvalue weighted by Crippen LogP contribution is -2.34. The van der Waals surface area contributed by atoms with Crippen LogP contribution in [0, 0.1) is 5.92 Å². The number of likely N-dealkylation sites (tertiary alicyclic amines) is 1. The first-order valence-corrected chi connectivity index (χ1v) is 12.4. The number of nitrogens with two attached hydrogens (primary N) is 1. The highest BCUT2D eigenvalue weighted by molar-refractivity contribution is 5.97. The monoisotopic (exact) mass is 433 g/mol. The molecule has 4 nitrogen and oxygen atoms in total. The van der Waals surface area contributed by atoms with Gasteiger partial charge in [-0.3, -0.25) is 0 Å². The van der Waals surface area contributed by atoms with E-state index < -0.39 is 0 Å². The van der Waals surface area contributed by atoms with E-state index in [0.717, 1.165) is 31.1 Å². The van der Waals surface area contributed by atoms with Crippen molar-refractivity contribution in [2.24, 2.45) is 11.7 Å². The van der Waals surface area contributed by atoms with Gasteiger partial charge in [-0.25, -0.2) is 0 Å². The summed E-state index contributed by atoms with van der Waals surface area (Å²) < 4.78 is 7.88. The van der Waals surface area contributed by atoms with Crippen LogP contribution in [-0.4, -0.2) is 42.8 Å². The summed E-state index contributed by atoms with van der Waals surface area (Å²) in [4.78, 5) is 2.57. The second kappa shape index (κ2) is 10.5. The number of ether oxygens (including phenoxy) is 1. The number of piperidine rings is 1. The van der Waals surface area contributed by atoms with Crippen LogP contribution in [0.3, 0.4) is 0 Å². The predicted molar refractivity (Wildman–Crippen MR) is 136 cm³/mol. The Bertz CT molecular complexity index is 1030. The SMILES string of the molecule is CCc1cc(OC)ccc1-c1cn(CCCN)c2ccc(CC3CCN(CC)CC3)cc12. The molecule has 4 rings (SSSR count). The van der Waals surface area contributed by atoms with Crippen LogP contribution in [0.1, 0.15) is 44.2 Å². The average molecular weight is 434 g/mol. The molecule has 0 atom stereocenters. The van der Waals surface area contributed by atoms with E-state index in [2.05, 4.69) is 65.9 Å². The van der Waals surface area contributed by atoms with Crippen molar-refractivity contribution in [2.45, 2.75) is 52.5 Å². The van der Waals surface area contributed by atoms with Crippen molar-refractivity contribution in [3.63, 3.8) is 0 Å². The Labute approximate surface area is 193 Å². The van der Waals surface area contributed by atoms with E-state index in [-0.39, 0.29) is 0 Å². The zero-order valence-electron chi connectivity index (χ0n) is 20.1. The second-order valence-electron chi connectivity index (χ2n) is 9.19. The van der Waals surface area contributed by atoms with Gasteiger partial charge in [0.1, 0.15) is 5.75 Å². The summed E-state index contributed by atoms with van der Waals surface area (Å²) in [5, 5.41) is 1.37. The highest BCUT2D eigenvalue weighted by Gasteiger charge is 2.20. The Hall–Kier alpha value is -2.30. The minimum absolute atomic E-state index is 0.715. The zero-order valence-corrected chi connectivity index (χ0v) is 20.1. The largest absolute Gasteiger partial charge is 0.497 e. The third-order valence-corrected chi connectivity index (χ3v) is 7.21. The highest BCUT2D eigenvalue weighted by Crippen LogP contribution is 2.36. The number of hydrogen-bond donors (Lipinski definition) is 1. The van der Waals surface area contributed by atoms with Gasteiger partial charge in [0.2, 0.25) is 0 Å². The van der Waals surface area contributed by atoms with Crippen LogP contribution in [0.2, 0.25) is 0 Å². The van der Waals surface area contributed by atoms with Gasteiger partial charge in [0.05, 0.1) is 7.11 Å². The van der Waals surface area contributed by atoms with Crippen molar-refractivity contribution in [3.05, 3.63) is 53.7 Å². The molecular weight excluding hydrogens is 394 g/mol. The molecule has 0 amide bonds. The van der Waals surface area contributed by atoms with E-state index in [1.807, 2.05) is 0 Å². The quantitative estimate of drug-likeness (QED) is 0.484. The van der Waals surface area contributed by atoms with Crippen molar-refractivity contribution in [3.8, 4) is 16.9 Å². The standard InChI is InChI=1S/C28H39N3O/c1-4-23-19-24(32-3)8-9-25(23)27-20-31(14-6-13-29)28-10-7-22(18-26(27)28)17-21-11-15-30(5-2)16-12-21/h7-10,18-21H,4-6,11-17,29H2,1-3H3. The Balaban J connectivity index is 1.70. The molecule has 0 aliphatic carbocycles. The first-order chi connectivity index (χ1) is 15.7. The van der Waals surface area contributed by atoms with Gasteiger partial charge in [-0.1, -0.05) is 26.0 Å². The van der Waals surface area contributed by atoms with Gasteiger partial charge < -0.3 is 19.9 Å². The van der Waals surface area contributed by atoms with Crippen molar-refractivity contribution < 1.29 is 4.74 Å². The van der Waals surface area contributed by atoms with Gasteiger partial charge in [-0.2, -0.15) is 0 Å². The molecule has 1 aromatic heterocycles. The first-order valence-electron chi connectivity index (χ1n) is 12.4. The minimum Gasteiger partial charge on any atom is -0.497 e. The van der Waals surface area contributed by atoms with Crippen LogP contribution < -0.4 is 10.5 Å². The second-order valence-corrected chi connectivity index (χ2v) is 9.19. The summed E-state index contributed by atoms with van der Waals surface area (Å²) in [5.74, 6) is 1.72. The van der Waals surface area contributed by atoms with Crippen molar-refractivity contribution in [2.75, 3.05) is 33.3 Å². The predicted octanol–water partition coefficient (Wildman–Crippen LogP) is 5.50. The van der Waals surface area contributed by atoms with Crippen LogP contribution in [-0.2, 0) is 19.4 Å². The van der Waals surface area contributed by atoms with E-state index in [9.17, 15) is 0 Å². The van der Waals surface area contributed by atoms with Gasteiger partial charge in [-0.05, 0) is 105 Å². The molecule has 0 spiro atoms. The lowest BCUT2D eigenvalue weighted by atomic mass is 9.89. The number of aromatic nitrogens is 1. The third kappa shape index (κ3) is 4.87. The number of rotatable bonds is 9. The van der Waals surface area contributed by atoms with Gasteiger partial charge >= 0.3 is 0 Å². The summed E-state index contributed by atoms with van der Waals surface area (Å²) in [5.41, 5.74) is 12.6. The van der Waals surface area contributed by atoms with E-state index in [4.69, 9.17) is 10.5 Å². The maximum atomic E-state index is 5.83. The highest BCUT2D eigenvalue weighted by atomic mass is 16.5. The molecule has 1 aliphatic rings. The molecule has 2 heterocycles. The molecule has 1 aliphatic heterocycles. The smallest absolute Gasteiger partial charge is 0.119 e. The molecule has 4 heteroatoms. The number of hydrogen-bond acceptors (Lipinski definition) is 3. The molecule has 1 saturated heterocycles. The van der Waals surface area contributed by atoms with Crippen LogP contribution in [0.25, 0.3) is 22.0 Å². The topological polar surface area (TPSA) is 43.4 Å². The number of aryl methyl sites for hydroxylation is 2. The van der Waals surface area contributed by atoms with Crippen LogP contribution in [0.4, 0.5) is 0 Å².